The number of hydrogen-bond donors (Lipinski definition) is 1. The third kappa shape index (κ3) is 5.89. The highest BCUT2D eigenvalue weighted by molar-refractivity contribution is 8.16. The third-order valence-corrected chi connectivity index (χ3v) is 5.47. The molecule has 0 fully saturated rings. The van der Waals surface area contributed by atoms with Crippen LogP contribution in [0.25, 0.3) is 0 Å². The van der Waals surface area contributed by atoms with Gasteiger partial charge >= 0.3 is 0 Å². The Morgan fingerprint density at radius 2 is 2.22 bits per heavy atom. The van der Waals surface area contributed by atoms with Crippen molar-refractivity contribution in [1.29, 1.82) is 0 Å². The predicted octanol–water partition coefficient (Wildman–Crippen LogP) is 3.59. The van der Waals surface area contributed by atoms with Crippen LogP contribution < -0.4 is 5.32 Å². The number of aliphatic imine (C=N–C) groups is 1. The van der Waals surface area contributed by atoms with Gasteiger partial charge < -0.3 is 10.1 Å². The van der Waals surface area contributed by atoms with Crippen molar-refractivity contribution < 1.29 is 9.53 Å². The van der Waals surface area contributed by atoms with Crippen LogP contribution in [-0.4, -0.2) is 41.5 Å². The summed E-state index contributed by atoms with van der Waals surface area (Å²) in [7, 11) is 1.56. The molecule has 0 saturated carbocycles. The first-order valence-electron chi connectivity index (χ1n) is 8.86. The first-order chi connectivity index (χ1) is 12.8. The maximum atomic E-state index is 12.0. The molecule has 0 aromatic carbocycles. The van der Waals surface area contributed by atoms with Gasteiger partial charge in [0.05, 0.1) is 24.1 Å². The maximum absolute atomic E-state index is 12.0. The van der Waals surface area contributed by atoms with Crippen molar-refractivity contribution in [3.05, 3.63) is 40.7 Å². The highest BCUT2D eigenvalue weighted by atomic mass is 32.2. The lowest BCUT2D eigenvalue weighted by atomic mass is 9.90. The summed E-state index contributed by atoms with van der Waals surface area (Å²) in [6.07, 6.45) is 4.69. The van der Waals surface area contributed by atoms with Crippen LogP contribution in [0, 0.1) is 10.8 Å². The molecule has 0 aromatic rings. The number of thioether (sulfide) groups is 1. The molecule has 2 rings (SSSR count). The highest BCUT2D eigenvalue weighted by Crippen LogP contribution is 2.27. The average molecular weight is 391 g/mol. The van der Waals surface area contributed by atoms with Crippen molar-refractivity contribution in [2.24, 2.45) is 21.3 Å². The molecule has 7 nitrogen and oxygen atoms in total. The number of carbonyl (C=O) groups excluding carboxylic acids is 1. The van der Waals surface area contributed by atoms with Crippen molar-refractivity contribution in [2.75, 3.05) is 12.9 Å². The van der Waals surface area contributed by atoms with E-state index in [1.54, 1.807) is 14.0 Å². The van der Waals surface area contributed by atoms with Crippen LogP contribution in [0.3, 0.4) is 0 Å². The molecule has 0 amide bonds. The summed E-state index contributed by atoms with van der Waals surface area (Å²) in [6, 6.07) is -0.134. The lowest BCUT2D eigenvalue weighted by Gasteiger charge is -2.28. The van der Waals surface area contributed by atoms with Crippen LogP contribution in [-0.2, 0) is 9.53 Å². The zero-order valence-corrected chi connectivity index (χ0v) is 17.0. The van der Waals surface area contributed by atoms with Crippen molar-refractivity contribution in [3.8, 4) is 0 Å². The second-order valence-corrected chi connectivity index (χ2v) is 8.00. The van der Waals surface area contributed by atoms with Crippen LogP contribution in [0.2, 0.25) is 0 Å². The minimum absolute atomic E-state index is 0.0176. The fraction of sp³-hybridized carbons (Fsp3) is 0.526. The molecule has 1 heterocycles. The van der Waals surface area contributed by atoms with Gasteiger partial charge in [0.25, 0.3) is 0 Å². The molecular formula is C19H26N4O3S. The number of ketones is 1. The second-order valence-electron chi connectivity index (χ2n) is 6.99. The van der Waals surface area contributed by atoms with Crippen molar-refractivity contribution in [3.63, 3.8) is 0 Å². The molecule has 146 valence electrons. The van der Waals surface area contributed by atoms with Gasteiger partial charge in [-0.2, -0.15) is 0 Å². The Bertz CT molecular complexity index is 737. The second kappa shape index (κ2) is 9.64. The summed E-state index contributed by atoms with van der Waals surface area (Å²) in [5.41, 5.74) is 2.29. The molecule has 1 aliphatic heterocycles. The van der Waals surface area contributed by atoms with Crippen LogP contribution in [0.4, 0.5) is 0 Å². The van der Waals surface area contributed by atoms with E-state index in [1.807, 2.05) is 6.08 Å². The number of nitrogens with zero attached hydrogens (tertiary/aromatic N) is 3. The lowest BCUT2D eigenvalue weighted by molar-refractivity contribution is -0.114. The largest absolute Gasteiger partial charge is 0.497 e. The Kier molecular flexibility index (Phi) is 7.53. The van der Waals surface area contributed by atoms with Crippen LogP contribution >= 0.6 is 11.8 Å². The molecule has 0 aromatic heterocycles. The highest BCUT2D eigenvalue weighted by Gasteiger charge is 2.27. The number of allylic oxidation sites excluding steroid dienone is 2. The fourth-order valence-electron chi connectivity index (χ4n) is 2.98. The summed E-state index contributed by atoms with van der Waals surface area (Å²) in [5.74, 6) is 1.78. The fourth-order valence-corrected chi connectivity index (χ4v) is 4.02. The normalized spacial score (nSPS) is 21.4. The third-order valence-electron chi connectivity index (χ3n) is 4.31. The van der Waals surface area contributed by atoms with E-state index in [9.17, 15) is 9.70 Å². The SMILES string of the molecule is C=C(NC(CC(C)C)C1=CC(OC)=CC(=O)C1)C1CSC(/C(C)=N/N=O)=N1. The molecule has 2 unspecified atom stereocenters. The predicted molar refractivity (Wildman–Crippen MR) is 111 cm³/mol. The monoisotopic (exact) mass is 390 g/mol. The lowest BCUT2D eigenvalue weighted by Crippen LogP contribution is -2.36. The van der Waals surface area contributed by atoms with Gasteiger partial charge in [-0.05, 0) is 30.9 Å². The van der Waals surface area contributed by atoms with Gasteiger partial charge in [0.2, 0.25) is 0 Å². The number of hydrogen-bond acceptors (Lipinski definition) is 7. The van der Waals surface area contributed by atoms with E-state index >= 15 is 0 Å². The maximum Gasteiger partial charge on any atom is 0.163 e. The Labute approximate surface area is 164 Å². The van der Waals surface area contributed by atoms with Crippen molar-refractivity contribution in [2.45, 2.75) is 45.7 Å². The minimum Gasteiger partial charge on any atom is -0.497 e. The van der Waals surface area contributed by atoms with E-state index in [0.29, 0.717) is 28.9 Å². The minimum atomic E-state index is -0.117. The molecule has 2 aliphatic rings. The van der Waals surface area contributed by atoms with Gasteiger partial charge in [-0.15, -0.1) is 21.8 Å². The molecule has 0 saturated heterocycles. The summed E-state index contributed by atoms with van der Waals surface area (Å²) < 4.78 is 5.26. The van der Waals surface area contributed by atoms with Gasteiger partial charge in [-0.3, -0.25) is 9.79 Å². The van der Waals surface area contributed by atoms with Crippen molar-refractivity contribution in [1.82, 2.24) is 5.32 Å². The Balaban J connectivity index is 2.15. The number of nitroso groups, excluding NO2 is 1. The average Bonchev–Trinajstić information content (AvgIpc) is 3.10. The van der Waals surface area contributed by atoms with E-state index in [1.165, 1.54) is 17.8 Å². The molecule has 0 radical (unpaired) electrons. The quantitative estimate of drug-likeness (QED) is 0.369. The summed E-state index contributed by atoms with van der Waals surface area (Å²) >= 11 is 1.53. The zero-order valence-electron chi connectivity index (χ0n) is 16.2. The molecular weight excluding hydrogens is 364 g/mol. The van der Waals surface area contributed by atoms with Crippen LogP contribution in [0.15, 0.2) is 51.1 Å². The van der Waals surface area contributed by atoms with E-state index in [4.69, 9.17) is 4.74 Å². The number of nitrogens with one attached hydrogen (secondary N) is 1. The summed E-state index contributed by atoms with van der Waals surface area (Å²) in [4.78, 5) is 26.9. The van der Waals surface area contributed by atoms with Crippen molar-refractivity contribution >= 4 is 28.3 Å². The van der Waals surface area contributed by atoms with E-state index in [-0.39, 0.29) is 17.9 Å². The number of carbonyl (C=O) groups is 1. The topological polar surface area (TPSA) is 92.5 Å². The zero-order chi connectivity index (χ0) is 20.0. The number of ether oxygens (including phenoxy) is 1. The van der Waals surface area contributed by atoms with Gasteiger partial charge in [0.15, 0.2) is 5.78 Å². The van der Waals surface area contributed by atoms with E-state index in [2.05, 4.69) is 41.1 Å². The number of methoxy groups -OCH3 is 1. The van der Waals surface area contributed by atoms with Gasteiger partial charge in [-0.1, -0.05) is 20.4 Å². The van der Waals surface area contributed by atoms with Gasteiger partial charge in [-0.25, -0.2) is 0 Å². The molecule has 2 atom stereocenters. The van der Waals surface area contributed by atoms with Gasteiger partial charge in [0.1, 0.15) is 10.8 Å². The summed E-state index contributed by atoms with van der Waals surface area (Å²) in [5, 5.41) is 10.3. The van der Waals surface area contributed by atoms with E-state index in [0.717, 1.165) is 23.4 Å². The Hall–Kier alpha value is -2.22. The summed E-state index contributed by atoms with van der Waals surface area (Å²) in [6.45, 7) is 10.2. The number of rotatable bonds is 9. The molecule has 1 N–H and O–H groups in total. The Morgan fingerprint density at radius 3 is 2.85 bits per heavy atom. The standard InChI is InChI=1S/C19H26N4O3S/c1-11(2)6-17(14-7-15(24)9-16(8-14)26-5)20-12(3)18-10-27-19(21-18)13(4)22-23-25/h8-9,11,17-18,20H,3,6-7,10H2,1-2,4-5H3/b22-13+. The molecule has 0 bridgehead atoms. The Morgan fingerprint density at radius 1 is 1.48 bits per heavy atom. The van der Waals surface area contributed by atoms with E-state index < -0.39 is 0 Å². The molecule has 8 heteroatoms. The molecule has 27 heavy (non-hydrogen) atoms. The van der Waals surface area contributed by atoms with Crippen LogP contribution in [0.1, 0.15) is 33.6 Å². The molecule has 0 spiro atoms. The van der Waals surface area contributed by atoms with Gasteiger partial charge in [0, 0.05) is 30.0 Å². The smallest absolute Gasteiger partial charge is 0.163 e. The molecule has 1 aliphatic carbocycles. The first-order valence-corrected chi connectivity index (χ1v) is 9.84. The van der Waals surface area contributed by atoms with Crippen LogP contribution in [0.5, 0.6) is 0 Å². The first kappa shape index (κ1) is 21.1.